The van der Waals surface area contributed by atoms with E-state index in [-0.39, 0.29) is 0 Å². The zero-order valence-electron chi connectivity index (χ0n) is 15.7. The highest BCUT2D eigenvalue weighted by molar-refractivity contribution is 6.30. The van der Waals surface area contributed by atoms with E-state index in [2.05, 4.69) is 30.7 Å². The lowest BCUT2D eigenvalue weighted by atomic mass is 10.1. The number of aliphatic imine (C=N–C) groups is 1. The minimum Gasteiger partial charge on any atom is -0.357 e. The maximum atomic E-state index is 5.91. The van der Waals surface area contributed by atoms with Gasteiger partial charge in [-0.3, -0.25) is 0 Å². The first kappa shape index (κ1) is 19.6. The summed E-state index contributed by atoms with van der Waals surface area (Å²) in [5.41, 5.74) is 0.866. The van der Waals surface area contributed by atoms with E-state index in [4.69, 9.17) is 16.1 Å². The van der Waals surface area contributed by atoms with Crippen LogP contribution in [0.2, 0.25) is 5.02 Å². The summed E-state index contributed by atoms with van der Waals surface area (Å²) >= 11 is 5.91. The Morgan fingerprint density at radius 1 is 1.19 bits per heavy atom. The van der Waals surface area contributed by atoms with Crippen molar-refractivity contribution in [2.24, 2.45) is 4.99 Å². The number of guanidine groups is 1. The van der Waals surface area contributed by atoms with Crippen molar-refractivity contribution < 1.29 is 4.52 Å². The quantitative estimate of drug-likeness (QED) is 0.559. The maximum Gasteiger partial charge on any atom is 0.248 e. The van der Waals surface area contributed by atoms with Crippen LogP contribution in [0.5, 0.6) is 0 Å². The van der Waals surface area contributed by atoms with Gasteiger partial charge in [-0.15, -0.1) is 0 Å². The van der Waals surface area contributed by atoms with Crippen molar-refractivity contribution in [3.05, 3.63) is 35.2 Å². The molecule has 146 valence electrons. The average Bonchev–Trinajstić information content (AvgIpc) is 3.16. The topological polar surface area (TPSA) is 78.6 Å². The van der Waals surface area contributed by atoms with E-state index in [0.29, 0.717) is 23.3 Å². The molecule has 2 aromatic rings. The lowest BCUT2D eigenvalue weighted by Crippen LogP contribution is -2.42. The fourth-order valence-electron chi connectivity index (χ4n) is 3.04. The van der Waals surface area contributed by atoms with Gasteiger partial charge in [0.05, 0.1) is 0 Å². The molecule has 0 amide bonds. The summed E-state index contributed by atoms with van der Waals surface area (Å²) in [6.07, 6.45) is 3.97. The van der Waals surface area contributed by atoms with Gasteiger partial charge < -0.3 is 20.1 Å². The third-order valence-electron chi connectivity index (χ3n) is 4.46. The molecule has 1 fully saturated rings. The van der Waals surface area contributed by atoms with E-state index in [1.54, 1.807) is 12.1 Å². The summed E-state index contributed by atoms with van der Waals surface area (Å²) in [5, 5.41) is 11.3. The van der Waals surface area contributed by atoms with E-state index in [0.717, 1.165) is 31.2 Å². The van der Waals surface area contributed by atoms with Gasteiger partial charge in [0.15, 0.2) is 5.96 Å². The van der Waals surface area contributed by atoms with Crippen LogP contribution in [-0.2, 0) is 6.54 Å². The molecule has 0 atom stereocenters. The molecule has 1 aromatic heterocycles. The molecule has 0 bridgehead atoms. The minimum absolute atomic E-state index is 0.333. The minimum atomic E-state index is 0.333. The van der Waals surface area contributed by atoms with Crippen molar-refractivity contribution in [1.82, 2.24) is 25.7 Å². The number of likely N-dealkylation sites (tertiary alicyclic amines) is 1. The Hall–Kier alpha value is -2.12. The molecule has 8 heteroatoms. The number of hydrogen-bond donors (Lipinski definition) is 2. The fourth-order valence-corrected chi connectivity index (χ4v) is 3.17. The normalized spacial score (nSPS) is 15.7. The highest BCUT2D eigenvalue weighted by atomic mass is 35.5. The van der Waals surface area contributed by atoms with Crippen LogP contribution in [0.25, 0.3) is 11.4 Å². The zero-order valence-corrected chi connectivity index (χ0v) is 16.5. The molecule has 1 saturated heterocycles. The van der Waals surface area contributed by atoms with E-state index in [1.807, 2.05) is 19.1 Å². The number of nitrogens with zero attached hydrogens (tertiary/aromatic N) is 4. The second kappa shape index (κ2) is 10.3. The second-order valence-electron chi connectivity index (χ2n) is 6.54. The monoisotopic (exact) mass is 390 g/mol. The van der Waals surface area contributed by atoms with Gasteiger partial charge in [0.2, 0.25) is 11.7 Å². The highest BCUT2D eigenvalue weighted by Gasteiger charge is 2.10. The zero-order chi connectivity index (χ0) is 18.9. The predicted molar refractivity (Wildman–Crippen MR) is 108 cm³/mol. The number of hydrogen-bond acceptors (Lipinski definition) is 5. The Balaban J connectivity index is 1.52. The highest BCUT2D eigenvalue weighted by Crippen LogP contribution is 2.18. The molecule has 0 aliphatic carbocycles. The first-order valence-electron chi connectivity index (χ1n) is 9.57. The molecular formula is C19H27ClN6O. The van der Waals surface area contributed by atoms with Crippen LogP contribution in [0.3, 0.4) is 0 Å². The van der Waals surface area contributed by atoms with Crippen molar-refractivity contribution in [3.8, 4) is 11.4 Å². The van der Waals surface area contributed by atoms with E-state index in [9.17, 15) is 0 Å². The molecule has 1 aliphatic rings. The molecule has 1 aromatic carbocycles. The summed E-state index contributed by atoms with van der Waals surface area (Å²) in [5.74, 6) is 1.79. The van der Waals surface area contributed by atoms with Crippen LogP contribution in [0, 0.1) is 0 Å². The van der Waals surface area contributed by atoms with Gasteiger partial charge >= 0.3 is 0 Å². The lowest BCUT2D eigenvalue weighted by molar-refractivity contribution is 0.232. The number of nitrogens with one attached hydrogen (secondary N) is 2. The Bertz CT molecular complexity index is 724. The van der Waals surface area contributed by atoms with Gasteiger partial charge in [-0.05, 0) is 57.1 Å². The first-order chi connectivity index (χ1) is 13.2. The Morgan fingerprint density at radius 2 is 1.96 bits per heavy atom. The molecule has 27 heavy (non-hydrogen) atoms. The van der Waals surface area contributed by atoms with Crippen molar-refractivity contribution in [2.75, 3.05) is 32.7 Å². The molecule has 2 N–H and O–H groups in total. The molecule has 0 unspecified atom stereocenters. The summed E-state index contributed by atoms with van der Waals surface area (Å²) in [6, 6.07) is 7.35. The van der Waals surface area contributed by atoms with E-state index >= 15 is 0 Å². The van der Waals surface area contributed by atoms with Crippen LogP contribution in [0.4, 0.5) is 0 Å². The number of rotatable bonds is 7. The van der Waals surface area contributed by atoms with Crippen LogP contribution in [0.15, 0.2) is 33.8 Å². The maximum absolute atomic E-state index is 5.91. The largest absolute Gasteiger partial charge is 0.357 e. The molecular weight excluding hydrogens is 364 g/mol. The Labute approximate surface area is 165 Å². The molecule has 1 aliphatic heterocycles. The summed E-state index contributed by atoms with van der Waals surface area (Å²) in [4.78, 5) is 11.4. The second-order valence-corrected chi connectivity index (χ2v) is 6.98. The van der Waals surface area contributed by atoms with Gasteiger partial charge in [-0.2, -0.15) is 4.98 Å². The van der Waals surface area contributed by atoms with Crippen molar-refractivity contribution in [3.63, 3.8) is 0 Å². The number of halogens is 1. The smallest absolute Gasteiger partial charge is 0.248 e. The van der Waals surface area contributed by atoms with Crippen LogP contribution < -0.4 is 10.6 Å². The summed E-state index contributed by atoms with van der Waals surface area (Å²) in [6.45, 7) is 7.48. The van der Waals surface area contributed by atoms with Gasteiger partial charge in [0, 0.05) is 30.2 Å². The van der Waals surface area contributed by atoms with E-state index < -0.39 is 0 Å². The Kier molecular flexibility index (Phi) is 7.47. The Morgan fingerprint density at radius 3 is 2.70 bits per heavy atom. The molecule has 0 spiro atoms. The average molecular weight is 391 g/mol. The van der Waals surface area contributed by atoms with Crippen LogP contribution >= 0.6 is 11.6 Å². The molecule has 0 saturated carbocycles. The number of benzene rings is 1. The van der Waals surface area contributed by atoms with Gasteiger partial charge in [-0.1, -0.05) is 23.2 Å². The molecule has 7 nitrogen and oxygen atoms in total. The van der Waals surface area contributed by atoms with Crippen LogP contribution in [-0.4, -0.2) is 53.7 Å². The summed E-state index contributed by atoms with van der Waals surface area (Å²) in [7, 11) is 0. The SMILES string of the molecule is CCNC(=NCc1nc(-c2ccc(Cl)cc2)no1)NCCN1CCCCC1. The van der Waals surface area contributed by atoms with Crippen LogP contribution in [0.1, 0.15) is 32.1 Å². The van der Waals surface area contributed by atoms with Gasteiger partial charge in [0.1, 0.15) is 6.54 Å². The third-order valence-corrected chi connectivity index (χ3v) is 4.71. The van der Waals surface area contributed by atoms with Crippen molar-refractivity contribution in [1.29, 1.82) is 0 Å². The lowest BCUT2D eigenvalue weighted by Gasteiger charge is -2.26. The fraction of sp³-hybridized carbons (Fsp3) is 0.526. The van der Waals surface area contributed by atoms with E-state index in [1.165, 1.54) is 32.4 Å². The predicted octanol–water partition coefficient (Wildman–Crippen LogP) is 2.93. The van der Waals surface area contributed by atoms with Gasteiger partial charge in [-0.25, -0.2) is 4.99 Å². The number of piperidine rings is 1. The van der Waals surface area contributed by atoms with Crippen molar-refractivity contribution >= 4 is 17.6 Å². The standard InChI is InChI=1S/C19H27ClN6O/c1-2-21-19(22-10-13-26-11-4-3-5-12-26)23-14-17-24-18(25-27-17)15-6-8-16(20)9-7-15/h6-9H,2-5,10-14H2,1H3,(H2,21,22,23). The molecule has 3 rings (SSSR count). The summed E-state index contributed by atoms with van der Waals surface area (Å²) < 4.78 is 5.31. The van der Waals surface area contributed by atoms with Gasteiger partial charge in [0.25, 0.3) is 0 Å². The van der Waals surface area contributed by atoms with Crippen molar-refractivity contribution in [2.45, 2.75) is 32.7 Å². The molecule has 0 radical (unpaired) electrons. The third kappa shape index (κ3) is 6.22. The number of aromatic nitrogens is 2. The first-order valence-corrected chi connectivity index (χ1v) is 9.95. The molecule has 2 heterocycles.